The normalized spacial score (nSPS) is 10.2. The molecule has 0 aliphatic heterocycles. The molecule has 1 aromatic heterocycles. The molecule has 0 spiro atoms. The third-order valence-electron chi connectivity index (χ3n) is 5.79. The lowest BCUT2D eigenvalue weighted by Gasteiger charge is -2.11. The first-order valence-corrected chi connectivity index (χ1v) is 12.1. The first kappa shape index (κ1) is 26.7. The van der Waals surface area contributed by atoms with E-state index in [-0.39, 0.29) is 0 Å². The summed E-state index contributed by atoms with van der Waals surface area (Å²) in [4.78, 5) is 22.8. The number of para-hydroxylation sites is 1. The van der Waals surface area contributed by atoms with E-state index in [9.17, 15) is 0 Å². The second-order valence-electron chi connectivity index (χ2n) is 8.50. The van der Waals surface area contributed by atoms with Gasteiger partial charge in [0, 0.05) is 13.6 Å². The van der Waals surface area contributed by atoms with Gasteiger partial charge in [0.1, 0.15) is 11.5 Å². The number of benzene rings is 4. The second-order valence-corrected chi connectivity index (χ2v) is 8.50. The number of hydrogen-bond donors (Lipinski definition) is 3. The molecule has 0 atom stereocenters. The van der Waals surface area contributed by atoms with Crippen LogP contribution in [0, 0.1) is 0 Å². The van der Waals surface area contributed by atoms with Crippen molar-refractivity contribution in [2.24, 2.45) is 7.05 Å². The van der Waals surface area contributed by atoms with Crippen molar-refractivity contribution in [3.8, 4) is 33.9 Å². The largest absolute Gasteiger partial charge is 0.473 e. The van der Waals surface area contributed by atoms with Gasteiger partial charge in [-0.2, -0.15) is 0 Å². The molecule has 196 valence electrons. The number of nitrogens with one attached hydrogen (secondary N) is 1. The highest BCUT2D eigenvalue weighted by atomic mass is 16.5. The molecule has 0 unspecified atom stereocenters. The number of anilines is 1. The molecule has 0 amide bonds. The molecule has 4 aromatic carbocycles. The molecular formula is C31H27N3O5. The van der Waals surface area contributed by atoms with Crippen LogP contribution in [0.5, 0.6) is 11.5 Å². The molecule has 0 aliphatic rings. The average molecular weight is 522 g/mol. The lowest BCUT2D eigenvalue weighted by atomic mass is 10.0. The minimum Gasteiger partial charge on any atom is -0.473 e. The number of nitrogens with zero attached hydrogens (tertiary/aromatic N) is 2. The maximum Gasteiger partial charge on any atom is 0.414 e. The monoisotopic (exact) mass is 521 g/mol. The van der Waals surface area contributed by atoms with Crippen LogP contribution < -0.4 is 10.1 Å². The Morgan fingerprint density at radius 2 is 1.31 bits per heavy atom. The zero-order valence-electron chi connectivity index (χ0n) is 21.2. The zero-order valence-corrected chi connectivity index (χ0v) is 21.2. The smallest absolute Gasteiger partial charge is 0.414 e. The van der Waals surface area contributed by atoms with Crippen LogP contribution in [0.2, 0.25) is 0 Å². The average Bonchev–Trinajstić information content (AvgIpc) is 3.33. The van der Waals surface area contributed by atoms with Crippen molar-refractivity contribution in [1.82, 2.24) is 9.55 Å². The molecule has 8 heteroatoms. The molecule has 8 nitrogen and oxygen atoms in total. The van der Waals surface area contributed by atoms with Gasteiger partial charge in [-0.15, -0.1) is 0 Å². The Morgan fingerprint density at radius 1 is 0.744 bits per heavy atom. The lowest BCUT2D eigenvalue weighted by Crippen LogP contribution is -2.09. The predicted molar refractivity (Wildman–Crippen MR) is 150 cm³/mol. The molecule has 0 fully saturated rings. The number of imidazole rings is 1. The standard InChI is InChI=1S/C29H25N3O.C2H2O4/c1-32-28(25-17-15-24(16-18-25)23-10-4-2-5-11-23)21-31-29(32)30-20-22-9-8-14-27(19-22)33-26-12-6-3-7-13-26;3-1(4)2(5)6/h2-19,21H,20H2,1H3,(H,30,31);(H,3,4)(H,5,6). The second kappa shape index (κ2) is 12.7. The van der Waals surface area contributed by atoms with Crippen molar-refractivity contribution < 1.29 is 24.5 Å². The Kier molecular flexibility index (Phi) is 8.71. The highest BCUT2D eigenvalue weighted by Gasteiger charge is 2.09. The fraction of sp³-hybridized carbons (Fsp3) is 0.0645. The predicted octanol–water partition coefficient (Wildman–Crippen LogP) is 6.31. The van der Waals surface area contributed by atoms with Crippen molar-refractivity contribution in [1.29, 1.82) is 0 Å². The summed E-state index contributed by atoms with van der Waals surface area (Å²) in [7, 11) is 2.03. The molecule has 5 rings (SSSR count). The van der Waals surface area contributed by atoms with Crippen LogP contribution in [0.4, 0.5) is 5.95 Å². The molecular weight excluding hydrogens is 494 g/mol. The van der Waals surface area contributed by atoms with Crippen LogP contribution >= 0.6 is 0 Å². The first-order chi connectivity index (χ1) is 18.9. The van der Waals surface area contributed by atoms with Crippen molar-refractivity contribution in [2.45, 2.75) is 6.54 Å². The molecule has 5 aromatic rings. The highest BCUT2D eigenvalue weighted by Crippen LogP contribution is 2.27. The number of aliphatic carboxylic acids is 2. The van der Waals surface area contributed by atoms with Crippen LogP contribution in [0.1, 0.15) is 5.56 Å². The Bertz CT molecular complexity index is 1520. The third kappa shape index (κ3) is 7.33. The summed E-state index contributed by atoms with van der Waals surface area (Å²) in [5.41, 5.74) is 5.75. The van der Waals surface area contributed by atoms with Gasteiger partial charge >= 0.3 is 11.9 Å². The summed E-state index contributed by atoms with van der Waals surface area (Å²) in [5.74, 6) is -1.18. The highest BCUT2D eigenvalue weighted by molar-refractivity contribution is 6.27. The van der Waals surface area contributed by atoms with E-state index in [0.29, 0.717) is 6.54 Å². The van der Waals surface area contributed by atoms with Gasteiger partial charge in [-0.05, 0) is 46.5 Å². The molecule has 0 saturated heterocycles. The lowest BCUT2D eigenvalue weighted by molar-refractivity contribution is -0.159. The SMILES string of the molecule is Cn1c(-c2ccc(-c3ccccc3)cc2)cnc1NCc1cccc(Oc2ccccc2)c1.O=C(O)C(=O)O. The van der Waals surface area contributed by atoms with E-state index in [1.165, 1.54) is 11.1 Å². The summed E-state index contributed by atoms with van der Waals surface area (Å²) < 4.78 is 8.03. The van der Waals surface area contributed by atoms with Gasteiger partial charge < -0.3 is 24.8 Å². The molecule has 1 heterocycles. The Balaban J connectivity index is 0.000000531. The van der Waals surface area contributed by atoms with Gasteiger partial charge in [0.2, 0.25) is 5.95 Å². The topological polar surface area (TPSA) is 114 Å². The van der Waals surface area contributed by atoms with E-state index in [0.717, 1.165) is 34.3 Å². The summed E-state index contributed by atoms with van der Waals surface area (Å²) in [5, 5.41) is 18.2. The molecule has 0 bridgehead atoms. The summed E-state index contributed by atoms with van der Waals surface area (Å²) >= 11 is 0. The van der Waals surface area contributed by atoms with Crippen LogP contribution in [-0.4, -0.2) is 31.7 Å². The minimum absolute atomic E-state index is 0.656. The minimum atomic E-state index is -1.82. The number of aromatic nitrogens is 2. The van der Waals surface area contributed by atoms with E-state index in [1.807, 2.05) is 67.8 Å². The number of hydrogen-bond acceptors (Lipinski definition) is 5. The molecule has 0 saturated carbocycles. The Hall–Kier alpha value is -5.37. The number of carboxylic acid groups (broad SMARTS) is 2. The number of ether oxygens (including phenoxy) is 1. The number of carbonyl (C=O) groups is 2. The molecule has 39 heavy (non-hydrogen) atoms. The summed E-state index contributed by atoms with van der Waals surface area (Å²) in [6, 6.07) is 36.9. The Labute approximate surface area is 225 Å². The van der Waals surface area contributed by atoms with Crippen molar-refractivity contribution in [2.75, 3.05) is 5.32 Å². The quantitative estimate of drug-likeness (QED) is 0.215. The van der Waals surface area contributed by atoms with Gasteiger partial charge in [0.15, 0.2) is 0 Å². The van der Waals surface area contributed by atoms with E-state index >= 15 is 0 Å². The fourth-order valence-corrected chi connectivity index (χ4v) is 3.83. The first-order valence-electron chi connectivity index (χ1n) is 12.1. The van der Waals surface area contributed by atoms with Gasteiger partial charge in [0.05, 0.1) is 11.9 Å². The molecule has 3 N–H and O–H groups in total. The van der Waals surface area contributed by atoms with E-state index < -0.39 is 11.9 Å². The zero-order chi connectivity index (χ0) is 27.6. The van der Waals surface area contributed by atoms with Gasteiger partial charge in [-0.25, -0.2) is 14.6 Å². The van der Waals surface area contributed by atoms with Crippen molar-refractivity contribution >= 4 is 17.9 Å². The van der Waals surface area contributed by atoms with E-state index in [1.54, 1.807) is 0 Å². The fourth-order valence-electron chi connectivity index (χ4n) is 3.83. The van der Waals surface area contributed by atoms with Gasteiger partial charge in [0.25, 0.3) is 0 Å². The summed E-state index contributed by atoms with van der Waals surface area (Å²) in [6.07, 6.45) is 1.91. The molecule has 0 radical (unpaired) electrons. The van der Waals surface area contributed by atoms with Crippen LogP contribution in [-0.2, 0) is 23.2 Å². The maximum atomic E-state index is 9.10. The maximum absolute atomic E-state index is 9.10. The van der Waals surface area contributed by atoms with Crippen LogP contribution in [0.3, 0.4) is 0 Å². The van der Waals surface area contributed by atoms with Crippen molar-refractivity contribution in [3.05, 3.63) is 121 Å². The Morgan fingerprint density at radius 3 is 1.95 bits per heavy atom. The molecule has 0 aliphatic carbocycles. The van der Waals surface area contributed by atoms with E-state index in [2.05, 4.69) is 69.5 Å². The van der Waals surface area contributed by atoms with Crippen molar-refractivity contribution in [3.63, 3.8) is 0 Å². The number of rotatable bonds is 7. The third-order valence-corrected chi connectivity index (χ3v) is 5.79. The van der Waals surface area contributed by atoms with E-state index in [4.69, 9.17) is 24.5 Å². The van der Waals surface area contributed by atoms with Gasteiger partial charge in [-0.1, -0.05) is 84.9 Å². The number of carboxylic acids is 2. The van der Waals surface area contributed by atoms with Crippen LogP contribution in [0.15, 0.2) is 115 Å². The van der Waals surface area contributed by atoms with Crippen LogP contribution in [0.25, 0.3) is 22.4 Å². The van der Waals surface area contributed by atoms with Gasteiger partial charge in [-0.3, -0.25) is 0 Å². The summed E-state index contributed by atoms with van der Waals surface area (Å²) in [6.45, 7) is 0.656.